The van der Waals surface area contributed by atoms with Crippen molar-refractivity contribution in [2.75, 3.05) is 12.4 Å². The predicted molar refractivity (Wildman–Crippen MR) is 96.4 cm³/mol. The van der Waals surface area contributed by atoms with E-state index >= 15 is 0 Å². The molecule has 1 N–H and O–H groups in total. The van der Waals surface area contributed by atoms with E-state index in [1.165, 1.54) is 0 Å². The van der Waals surface area contributed by atoms with Gasteiger partial charge < -0.3 is 10.1 Å². The quantitative estimate of drug-likeness (QED) is 0.554. The molecule has 1 amide bonds. The monoisotopic (exact) mass is 345 g/mol. The van der Waals surface area contributed by atoms with Gasteiger partial charge in [-0.2, -0.15) is 0 Å². The van der Waals surface area contributed by atoms with E-state index in [0.717, 1.165) is 29.2 Å². The molecule has 5 nitrogen and oxygen atoms in total. The smallest absolute Gasteiger partial charge is 0.253 e. The first-order chi connectivity index (χ1) is 11.7. The summed E-state index contributed by atoms with van der Waals surface area (Å²) in [5, 5.41) is 3.82. The lowest BCUT2D eigenvalue weighted by molar-refractivity contribution is 0.0950. The third kappa shape index (κ3) is 5.53. The molecule has 2 rings (SSSR count). The van der Waals surface area contributed by atoms with E-state index in [1.54, 1.807) is 30.2 Å². The first-order valence-corrected chi connectivity index (χ1v) is 9.16. The van der Waals surface area contributed by atoms with Gasteiger partial charge in [0.25, 0.3) is 5.91 Å². The molecule has 24 heavy (non-hydrogen) atoms. The van der Waals surface area contributed by atoms with E-state index in [-0.39, 0.29) is 5.91 Å². The van der Waals surface area contributed by atoms with Crippen molar-refractivity contribution in [1.82, 2.24) is 15.3 Å². The zero-order valence-electron chi connectivity index (χ0n) is 14.1. The number of hydrogen-bond acceptors (Lipinski definition) is 5. The van der Waals surface area contributed by atoms with Gasteiger partial charge in [-0.1, -0.05) is 26.3 Å². The fourth-order valence-electron chi connectivity index (χ4n) is 2.03. The Morgan fingerprint density at radius 1 is 1.25 bits per heavy atom. The Morgan fingerprint density at radius 2 is 2.12 bits per heavy atom. The van der Waals surface area contributed by atoms with E-state index in [2.05, 4.69) is 29.1 Å². The van der Waals surface area contributed by atoms with Crippen LogP contribution >= 0.6 is 11.8 Å². The van der Waals surface area contributed by atoms with E-state index in [4.69, 9.17) is 4.74 Å². The van der Waals surface area contributed by atoms with Crippen LogP contribution in [-0.4, -0.2) is 28.2 Å². The Bertz CT molecular complexity index is 647. The van der Waals surface area contributed by atoms with Gasteiger partial charge in [0.2, 0.25) is 5.88 Å². The molecule has 2 aromatic heterocycles. The highest BCUT2D eigenvalue weighted by Crippen LogP contribution is 2.16. The van der Waals surface area contributed by atoms with Gasteiger partial charge in [0, 0.05) is 24.5 Å². The molecular formula is C18H23N3O2S. The number of hydrogen-bond donors (Lipinski definition) is 1. The summed E-state index contributed by atoms with van der Waals surface area (Å²) < 4.78 is 5.68. The van der Waals surface area contributed by atoms with E-state index in [0.29, 0.717) is 24.6 Å². The van der Waals surface area contributed by atoms with Gasteiger partial charge in [-0.3, -0.25) is 4.79 Å². The van der Waals surface area contributed by atoms with Crippen molar-refractivity contribution < 1.29 is 9.53 Å². The minimum atomic E-state index is -0.154. The van der Waals surface area contributed by atoms with Crippen LogP contribution in [0.4, 0.5) is 0 Å². The van der Waals surface area contributed by atoms with Crippen LogP contribution in [0.15, 0.2) is 41.7 Å². The molecule has 0 atom stereocenters. The van der Waals surface area contributed by atoms with Crippen molar-refractivity contribution in [2.24, 2.45) is 0 Å². The Labute approximate surface area is 147 Å². The lowest BCUT2D eigenvalue weighted by Crippen LogP contribution is -2.23. The van der Waals surface area contributed by atoms with Gasteiger partial charge in [-0.15, -0.1) is 11.8 Å². The Hall–Kier alpha value is -2.08. The molecule has 0 aromatic carbocycles. The summed E-state index contributed by atoms with van der Waals surface area (Å²) in [6, 6.07) is 7.41. The molecule has 0 aliphatic rings. The molecule has 0 aliphatic heterocycles. The molecule has 128 valence electrons. The number of amides is 1. The molecule has 2 heterocycles. The maximum atomic E-state index is 12.2. The van der Waals surface area contributed by atoms with E-state index in [9.17, 15) is 4.79 Å². The number of unbranched alkanes of at least 4 members (excludes halogenated alkanes) is 1. The third-order valence-corrected chi connectivity index (χ3v) is 4.14. The number of pyridine rings is 2. The lowest BCUT2D eigenvalue weighted by Gasteiger charge is -2.11. The number of rotatable bonds is 9. The topological polar surface area (TPSA) is 64.1 Å². The molecule has 2 aromatic rings. The van der Waals surface area contributed by atoms with Crippen LogP contribution in [0.5, 0.6) is 5.88 Å². The largest absolute Gasteiger partial charge is 0.477 e. The molecule has 0 bridgehead atoms. The molecule has 0 aliphatic carbocycles. The maximum absolute atomic E-state index is 12.2. The van der Waals surface area contributed by atoms with Crippen LogP contribution in [0.25, 0.3) is 0 Å². The molecule has 0 saturated heterocycles. The number of carbonyl (C=O) groups excluding carboxylic acids is 1. The zero-order chi connectivity index (χ0) is 17.2. The maximum Gasteiger partial charge on any atom is 0.253 e. The van der Waals surface area contributed by atoms with Crippen LogP contribution in [0.3, 0.4) is 0 Å². The number of aromatic nitrogens is 2. The molecule has 0 radical (unpaired) electrons. The second kappa shape index (κ2) is 9.93. The average molecular weight is 345 g/mol. The number of carbonyl (C=O) groups is 1. The van der Waals surface area contributed by atoms with Gasteiger partial charge in [0.15, 0.2) is 0 Å². The van der Waals surface area contributed by atoms with Crippen molar-refractivity contribution in [3.63, 3.8) is 0 Å². The third-order valence-electron chi connectivity index (χ3n) is 3.32. The van der Waals surface area contributed by atoms with Gasteiger partial charge >= 0.3 is 0 Å². The summed E-state index contributed by atoms with van der Waals surface area (Å²) in [4.78, 5) is 20.8. The fraction of sp³-hybridized carbons (Fsp3) is 0.389. The second-order valence-electron chi connectivity index (χ2n) is 5.17. The van der Waals surface area contributed by atoms with Crippen molar-refractivity contribution in [2.45, 2.75) is 38.3 Å². The molecule has 0 spiro atoms. The molecule has 0 fully saturated rings. The SMILES string of the molecule is CCCCOc1ncccc1CNC(=O)c1ccc(SCC)nc1. The van der Waals surface area contributed by atoms with Crippen LogP contribution in [0.1, 0.15) is 42.6 Å². The van der Waals surface area contributed by atoms with Gasteiger partial charge in [-0.05, 0) is 30.4 Å². The minimum Gasteiger partial charge on any atom is -0.477 e. The lowest BCUT2D eigenvalue weighted by atomic mass is 10.2. The Kier molecular flexibility index (Phi) is 7.55. The van der Waals surface area contributed by atoms with Crippen molar-refractivity contribution in [3.8, 4) is 5.88 Å². The second-order valence-corrected chi connectivity index (χ2v) is 6.45. The summed E-state index contributed by atoms with van der Waals surface area (Å²) in [7, 11) is 0. The van der Waals surface area contributed by atoms with Crippen molar-refractivity contribution >= 4 is 17.7 Å². The van der Waals surface area contributed by atoms with Crippen LogP contribution in [0.2, 0.25) is 0 Å². The average Bonchev–Trinajstić information content (AvgIpc) is 2.62. The first-order valence-electron chi connectivity index (χ1n) is 8.18. The Morgan fingerprint density at radius 3 is 2.83 bits per heavy atom. The summed E-state index contributed by atoms with van der Waals surface area (Å²) in [6.07, 6.45) is 5.35. The van der Waals surface area contributed by atoms with Crippen molar-refractivity contribution in [1.29, 1.82) is 0 Å². The summed E-state index contributed by atoms with van der Waals surface area (Å²) in [5.41, 5.74) is 1.42. The first kappa shape index (κ1) is 18.3. The van der Waals surface area contributed by atoms with Gasteiger partial charge in [-0.25, -0.2) is 9.97 Å². The molecule has 0 saturated carbocycles. The summed E-state index contributed by atoms with van der Waals surface area (Å²) in [5.74, 6) is 1.39. The fourth-order valence-corrected chi connectivity index (χ4v) is 2.61. The van der Waals surface area contributed by atoms with Crippen molar-refractivity contribution in [3.05, 3.63) is 47.8 Å². The highest BCUT2D eigenvalue weighted by Gasteiger charge is 2.09. The summed E-state index contributed by atoms with van der Waals surface area (Å²) in [6.45, 7) is 5.19. The van der Waals surface area contributed by atoms with Gasteiger partial charge in [0.1, 0.15) is 0 Å². The minimum absolute atomic E-state index is 0.154. The van der Waals surface area contributed by atoms with Gasteiger partial charge in [0.05, 0.1) is 17.2 Å². The zero-order valence-corrected chi connectivity index (χ0v) is 14.9. The number of nitrogens with one attached hydrogen (secondary N) is 1. The Balaban J connectivity index is 1.93. The number of ether oxygens (including phenoxy) is 1. The van der Waals surface area contributed by atoms with Crippen LogP contribution in [0, 0.1) is 0 Å². The molecule has 0 unspecified atom stereocenters. The number of nitrogens with zero attached hydrogens (tertiary/aromatic N) is 2. The highest BCUT2D eigenvalue weighted by atomic mass is 32.2. The van der Waals surface area contributed by atoms with E-state index in [1.807, 2.05) is 18.2 Å². The number of thioether (sulfide) groups is 1. The van der Waals surface area contributed by atoms with Crippen LogP contribution < -0.4 is 10.1 Å². The summed E-state index contributed by atoms with van der Waals surface area (Å²) >= 11 is 1.65. The van der Waals surface area contributed by atoms with E-state index < -0.39 is 0 Å². The molecule has 6 heteroatoms. The normalized spacial score (nSPS) is 10.4. The highest BCUT2D eigenvalue weighted by molar-refractivity contribution is 7.99. The van der Waals surface area contributed by atoms with Crippen LogP contribution in [-0.2, 0) is 6.54 Å². The predicted octanol–water partition coefficient (Wildman–Crippen LogP) is 3.70. The standard InChI is InChI=1S/C18H23N3O2S/c1-3-5-11-23-18-15(7-6-10-19-18)13-21-17(22)14-8-9-16(20-12-14)24-4-2/h6-10,12H,3-5,11,13H2,1-2H3,(H,21,22). The molecular weight excluding hydrogens is 322 g/mol.